The van der Waals surface area contributed by atoms with E-state index in [9.17, 15) is 5.11 Å². The highest BCUT2D eigenvalue weighted by Crippen LogP contribution is 2.40. The molecular weight excluding hydrogens is 296 g/mol. The van der Waals surface area contributed by atoms with E-state index in [-0.39, 0.29) is 6.10 Å². The Morgan fingerprint density at radius 3 is 2.56 bits per heavy atom. The maximum atomic E-state index is 9.87. The number of ether oxygens (including phenoxy) is 2. The number of hydrogen-bond donors (Lipinski definition) is 1. The van der Waals surface area contributed by atoms with Crippen molar-refractivity contribution in [1.82, 2.24) is 0 Å². The molecule has 1 aliphatic carbocycles. The fraction of sp³-hybridized carbons (Fsp3) is 0.571. The van der Waals surface area contributed by atoms with Gasteiger partial charge in [0.15, 0.2) is 11.5 Å². The van der Waals surface area contributed by atoms with Gasteiger partial charge in [-0.05, 0) is 44.7 Å². The highest BCUT2D eigenvalue weighted by Gasteiger charge is 2.22. The standard InChI is InChI=1S/C14H19BrO3/c1-9(16)12-7-10(15)8-13(17-2)14(12)18-11-5-3-4-6-11/h7-9,11,16H,3-6H2,1-2H3. The molecule has 3 nitrogen and oxygen atoms in total. The average molecular weight is 315 g/mol. The van der Waals surface area contributed by atoms with Gasteiger partial charge in [-0.25, -0.2) is 0 Å². The van der Waals surface area contributed by atoms with Crippen LogP contribution in [0.2, 0.25) is 0 Å². The van der Waals surface area contributed by atoms with E-state index in [1.54, 1.807) is 14.0 Å². The van der Waals surface area contributed by atoms with E-state index in [0.717, 1.165) is 22.9 Å². The molecule has 1 aromatic rings. The van der Waals surface area contributed by atoms with Crippen molar-refractivity contribution in [3.05, 3.63) is 22.2 Å². The molecule has 1 atom stereocenters. The minimum Gasteiger partial charge on any atom is -0.493 e. The van der Waals surface area contributed by atoms with E-state index in [0.29, 0.717) is 11.5 Å². The Balaban J connectivity index is 2.34. The lowest BCUT2D eigenvalue weighted by Gasteiger charge is -2.20. The molecule has 0 amide bonds. The molecule has 18 heavy (non-hydrogen) atoms. The first-order valence-corrected chi connectivity index (χ1v) is 7.13. The van der Waals surface area contributed by atoms with Gasteiger partial charge < -0.3 is 14.6 Å². The second-order valence-corrected chi connectivity index (χ2v) is 5.64. The smallest absolute Gasteiger partial charge is 0.167 e. The zero-order valence-corrected chi connectivity index (χ0v) is 12.4. The molecule has 1 aliphatic rings. The summed E-state index contributed by atoms with van der Waals surface area (Å²) in [6.45, 7) is 1.74. The van der Waals surface area contributed by atoms with Gasteiger partial charge in [0.25, 0.3) is 0 Å². The number of methoxy groups -OCH3 is 1. The Morgan fingerprint density at radius 1 is 1.33 bits per heavy atom. The fourth-order valence-corrected chi connectivity index (χ4v) is 2.80. The van der Waals surface area contributed by atoms with Gasteiger partial charge in [-0.1, -0.05) is 15.9 Å². The van der Waals surface area contributed by atoms with Crippen molar-refractivity contribution < 1.29 is 14.6 Å². The van der Waals surface area contributed by atoms with E-state index >= 15 is 0 Å². The molecular formula is C14H19BrO3. The van der Waals surface area contributed by atoms with E-state index in [4.69, 9.17) is 9.47 Å². The quantitative estimate of drug-likeness (QED) is 0.918. The van der Waals surface area contributed by atoms with Gasteiger partial charge in [-0.2, -0.15) is 0 Å². The van der Waals surface area contributed by atoms with E-state index in [1.165, 1.54) is 12.8 Å². The SMILES string of the molecule is COc1cc(Br)cc(C(C)O)c1OC1CCCC1. The number of benzene rings is 1. The predicted molar refractivity (Wildman–Crippen MR) is 74.2 cm³/mol. The Morgan fingerprint density at radius 2 is 2.00 bits per heavy atom. The van der Waals surface area contributed by atoms with Crippen LogP contribution in [0.25, 0.3) is 0 Å². The zero-order valence-electron chi connectivity index (χ0n) is 10.8. The van der Waals surface area contributed by atoms with Crippen LogP contribution >= 0.6 is 15.9 Å². The summed E-state index contributed by atoms with van der Waals surface area (Å²) in [7, 11) is 1.62. The predicted octanol–water partition coefficient (Wildman–Crippen LogP) is 3.83. The van der Waals surface area contributed by atoms with Gasteiger partial charge in [-0.15, -0.1) is 0 Å². The summed E-state index contributed by atoms with van der Waals surface area (Å²) < 4.78 is 12.3. The summed E-state index contributed by atoms with van der Waals surface area (Å²) in [5, 5.41) is 9.87. The number of aliphatic hydroxyl groups excluding tert-OH is 1. The molecule has 0 aromatic heterocycles. The molecule has 0 heterocycles. The third-order valence-electron chi connectivity index (χ3n) is 3.31. The lowest BCUT2D eigenvalue weighted by molar-refractivity contribution is 0.168. The summed E-state index contributed by atoms with van der Waals surface area (Å²) in [4.78, 5) is 0. The minimum absolute atomic E-state index is 0.248. The fourth-order valence-electron chi connectivity index (χ4n) is 2.35. The van der Waals surface area contributed by atoms with Crippen LogP contribution in [0, 0.1) is 0 Å². The molecule has 1 N–H and O–H groups in total. The third-order valence-corrected chi connectivity index (χ3v) is 3.76. The molecule has 1 saturated carbocycles. The lowest BCUT2D eigenvalue weighted by atomic mass is 10.1. The summed E-state index contributed by atoms with van der Waals surface area (Å²) in [6.07, 6.45) is 4.27. The first kappa shape index (κ1) is 13.7. The first-order chi connectivity index (χ1) is 8.61. The van der Waals surface area contributed by atoms with E-state index < -0.39 is 6.10 Å². The van der Waals surface area contributed by atoms with Crippen LogP contribution in [-0.4, -0.2) is 18.3 Å². The van der Waals surface area contributed by atoms with Crippen LogP contribution in [-0.2, 0) is 0 Å². The Kier molecular flexibility index (Phi) is 4.51. The lowest BCUT2D eigenvalue weighted by Crippen LogP contribution is -2.13. The second-order valence-electron chi connectivity index (χ2n) is 4.73. The van der Waals surface area contributed by atoms with Crippen molar-refractivity contribution in [1.29, 1.82) is 0 Å². The van der Waals surface area contributed by atoms with Crippen molar-refractivity contribution in [2.75, 3.05) is 7.11 Å². The molecule has 1 unspecified atom stereocenters. The summed E-state index contributed by atoms with van der Waals surface area (Å²) in [5.41, 5.74) is 0.771. The molecule has 0 radical (unpaired) electrons. The maximum Gasteiger partial charge on any atom is 0.167 e. The van der Waals surface area contributed by atoms with Gasteiger partial charge in [-0.3, -0.25) is 0 Å². The van der Waals surface area contributed by atoms with Gasteiger partial charge in [0.05, 0.1) is 19.3 Å². The maximum absolute atomic E-state index is 9.87. The molecule has 0 aliphatic heterocycles. The van der Waals surface area contributed by atoms with Gasteiger partial charge >= 0.3 is 0 Å². The third kappa shape index (κ3) is 2.98. The second kappa shape index (κ2) is 5.93. The van der Waals surface area contributed by atoms with Crippen LogP contribution in [0.4, 0.5) is 0 Å². The minimum atomic E-state index is -0.576. The monoisotopic (exact) mass is 314 g/mol. The Hall–Kier alpha value is -0.740. The molecule has 100 valence electrons. The van der Waals surface area contributed by atoms with Crippen LogP contribution in [0.3, 0.4) is 0 Å². The molecule has 0 spiro atoms. The molecule has 2 rings (SSSR count). The molecule has 1 aromatic carbocycles. The zero-order chi connectivity index (χ0) is 13.1. The van der Waals surface area contributed by atoms with E-state index in [1.807, 2.05) is 12.1 Å². The van der Waals surface area contributed by atoms with Gasteiger partial charge in [0.1, 0.15) is 0 Å². The number of aliphatic hydroxyl groups is 1. The van der Waals surface area contributed by atoms with Crippen LogP contribution in [0.15, 0.2) is 16.6 Å². The van der Waals surface area contributed by atoms with Crippen LogP contribution in [0.5, 0.6) is 11.5 Å². The Bertz CT molecular complexity index is 412. The van der Waals surface area contributed by atoms with Crippen molar-refractivity contribution in [2.45, 2.75) is 44.8 Å². The van der Waals surface area contributed by atoms with Crippen LogP contribution in [0.1, 0.15) is 44.3 Å². The highest BCUT2D eigenvalue weighted by molar-refractivity contribution is 9.10. The average Bonchev–Trinajstić information content (AvgIpc) is 2.83. The number of hydrogen-bond acceptors (Lipinski definition) is 3. The summed E-state index contributed by atoms with van der Waals surface area (Å²) in [6, 6.07) is 3.76. The molecule has 0 bridgehead atoms. The van der Waals surface area contributed by atoms with Crippen molar-refractivity contribution in [3.8, 4) is 11.5 Å². The summed E-state index contributed by atoms with van der Waals surface area (Å²) >= 11 is 3.42. The largest absolute Gasteiger partial charge is 0.493 e. The summed E-state index contributed by atoms with van der Waals surface area (Å²) in [5.74, 6) is 1.36. The molecule has 4 heteroatoms. The number of halogens is 1. The van der Waals surface area contributed by atoms with Crippen molar-refractivity contribution in [2.24, 2.45) is 0 Å². The Labute approximate surface area is 116 Å². The molecule has 0 saturated heterocycles. The van der Waals surface area contributed by atoms with Crippen molar-refractivity contribution >= 4 is 15.9 Å². The topological polar surface area (TPSA) is 38.7 Å². The van der Waals surface area contributed by atoms with Gasteiger partial charge in [0, 0.05) is 10.0 Å². The highest BCUT2D eigenvalue weighted by atomic mass is 79.9. The normalized spacial score (nSPS) is 17.8. The van der Waals surface area contributed by atoms with E-state index in [2.05, 4.69) is 15.9 Å². The van der Waals surface area contributed by atoms with Crippen LogP contribution < -0.4 is 9.47 Å². The first-order valence-electron chi connectivity index (χ1n) is 6.34. The number of rotatable bonds is 4. The van der Waals surface area contributed by atoms with Gasteiger partial charge in [0.2, 0.25) is 0 Å². The molecule has 1 fully saturated rings. The van der Waals surface area contributed by atoms with Crippen molar-refractivity contribution in [3.63, 3.8) is 0 Å².